The molecular weight excluding hydrogens is 795 g/mol. The summed E-state index contributed by atoms with van der Waals surface area (Å²) in [5, 5.41) is 4.91. The highest BCUT2D eigenvalue weighted by molar-refractivity contribution is 7.25. The van der Waals surface area contributed by atoms with E-state index in [2.05, 4.69) is 222 Å². The Labute approximate surface area is 378 Å². The molecule has 2 aromatic heterocycles. The molecule has 0 aliphatic heterocycles. The second-order valence-electron chi connectivity index (χ2n) is 18.9. The summed E-state index contributed by atoms with van der Waals surface area (Å²) >= 11 is 1.86. The van der Waals surface area contributed by atoms with Crippen LogP contribution in [0.3, 0.4) is 0 Å². The Balaban J connectivity index is 0.933. The first-order valence-electron chi connectivity index (χ1n) is 22.3. The molecule has 0 bridgehead atoms. The minimum Gasteiger partial charge on any atom is -0.455 e. The molecule has 64 heavy (non-hydrogen) atoms. The molecule has 0 atom stereocenters. The zero-order chi connectivity index (χ0) is 43.3. The van der Waals surface area contributed by atoms with Gasteiger partial charge in [0, 0.05) is 59.0 Å². The third kappa shape index (κ3) is 6.13. The first-order chi connectivity index (χ1) is 31.1. The van der Waals surface area contributed by atoms with Crippen LogP contribution in [0.5, 0.6) is 0 Å². The third-order valence-electron chi connectivity index (χ3n) is 13.7. The van der Waals surface area contributed by atoms with Crippen molar-refractivity contribution in [3.8, 4) is 44.5 Å². The Kier molecular flexibility index (Phi) is 8.67. The molecule has 2 nitrogen and oxygen atoms in total. The summed E-state index contributed by atoms with van der Waals surface area (Å²) in [7, 11) is 0. The molecule has 0 saturated carbocycles. The summed E-state index contributed by atoms with van der Waals surface area (Å²) in [4.78, 5) is 2.37. The maximum atomic E-state index is 6.45. The summed E-state index contributed by atoms with van der Waals surface area (Å²) in [6.45, 7) is 11.6. The highest BCUT2D eigenvalue weighted by atomic mass is 32.1. The SMILES string of the molecule is CC(C)(C)c1ccc2c(c1)C(C)(C)c1ccc(-c3ccc(N(c4ccc(-c5cccc6c5oc5ccccc56)cc4)c4ccc(-c5cccc6sc7ccccc7c56)cc4)cc3)cc1-2. The molecule has 0 saturated heterocycles. The van der Waals surface area contributed by atoms with Crippen molar-refractivity contribution in [2.45, 2.75) is 45.4 Å². The Morgan fingerprint density at radius 2 is 1.02 bits per heavy atom. The Bertz CT molecular complexity index is 3600. The number of rotatable bonds is 6. The van der Waals surface area contributed by atoms with E-state index < -0.39 is 0 Å². The zero-order valence-electron chi connectivity index (χ0n) is 36.7. The van der Waals surface area contributed by atoms with E-state index in [4.69, 9.17) is 4.42 Å². The van der Waals surface area contributed by atoms with E-state index in [1.807, 2.05) is 23.5 Å². The van der Waals surface area contributed by atoms with E-state index >= 15 is 0 Å². The number of hydrogen-bond acceptors (Lipinski definition) is 3. The highest BCUT2D eigenvalue weighted by Gasteiger charge is 2.36. The van der Waals surface area contributed by atoms with Gasteiger partial charge in [0.05, 0.1) is 0 Å². The smallest absolute Gasteiger partial charge is 0.143 e. The molecule has 308 valence electrons. The van der Waals surface area contributed by atoms with Crippen LogP contribution >= 0.6 is 11.3 Å². The van der Waals surface area contributed by atoms with Gasteiger partial charge < -0.3 is 9.32 Å². The van der Waals surface area contributed by atoms with Gasteiger partial charge in [-0.3, -0.25) is 0 Å². The van der Waals surface area contributed by atoms with Crippen LogP contribution in [0.15, 0.2) is 199 Å². The van der Waals surface area contributed by atoms with Crippen molar-refractivity contribution in [3.05, 3.63) is 211 Å². The minimum absolute atomic E-state index is 0.0531. The van der Waals surface area contributed by atoms with Gasteiger partial charge in [0.25, 0.3) is 0 Å². The largest absolute Gasteiger partial charge is 0.455 e. The van der Waals surface area contributed by atoms with Crippen LogP contribution in [0, 0.1) is 0 Å². The van der Waals surface area contributed by atoms with E-state index in [0.717, 1.165) is 50.1 Å². The predicted octanol–water partition coefficient (Wildman–Crippen LogP) is 18.0. The van der Waals surface area contributed by atoms with Crippen molar-refractivity contribution in [2.75, 3.05) is 4.90 Å². The second kappa shape index (κ2) is 14.4. The standard InChI is InChI=1S/C61H47NOS/c1-60(2,3)42-27-34-48-52-36-41(26-35-53(52)61(4,5)54(48)37-42)38-20-28-43(29-21-38)62(44-30-22-39(23-31-44)46-14-11-19-57-58(46)51-13-7-9-18-56(51)64-57)45-32-24-40(25-33-45)47-15-10-16-50-49-12-6-8-17-55(49)63-59(47)50/h6-37H,1-5H3. The molecule has 12 rings (SSSR count). The Hall–Kier alpha value is -7.20. The molecule has 0 amide bonds. The zero-order valence-corrected chi connectivity index (χ0v) is 37.6. The maximum Gasteiger partial charge on any atom is 0.143 e. The monoisotopic (exact) mass is 841 g/mol. The molecule has 9 aromatic carbocycles. The summed E-state index contributed by atoms with van der Waals surface area (Å²) in [6.07, 6.45) is 0. The molecule has 0 N–H and O–H groups in total. The van der Waals surface area contributed by atoms with Gasteiger partial charge >= 0.3 is 0 Å². The average molecular weight is 842 g/mol. The number of nitrogens with zero attached hydrogens (tertiary/aromatic N) is 1. The summed E-state index contributed by atoms with van der Waals surface area (Å²) < 4.78 is 9.09. The van der Waals surface area contributed by atoms with Crippen molar-refractivity contribution >= 4 is 70.5 Å². The van der Waals surface area contributed by atoms with E-state index in [1.54, 1.807) is 0 Å². The highest BCUT2D eigenvalue weighted by Crippen LogP contribution is 2.51. The molecular formula is C61H47NOS. The van der Waals surface area contributed by atoms with Crippen molar-refractivity contribution in [1.82, 2.24) is 0 Å². The van der Waals surface area contributed by atoms with Gasteiger partial charge in [-0.15, -0.1) is 11.3 Å². The van der Waals surface area contributed by atoms with Crippen LogP contribution in [0.4, 0.5) is 17.1 Å². The molecule has 0 fully saturated rings. The number of anilines is 3. The van der Waals surface area contributed by atoms with Gasteiger partial charge in [0.1, 0.15) is 11.2 Å². The first-order valence-corrected chi connectivity index (χ1v) is 23.1. The number of thiophene rings is 1. The number of benzene rings is 9. The number of para-hydroxylation sites is 2. The van der Waals surface area contributed by atoms with E-state index in [9.17, 15) is 0 Å². The number of fused-ring (bicyclic) bond motifs is 9. The fourth-order valence-corrected chi connectivity index (χ4v) is 11.4. The van der Waals surface area contributed by atoms with Gasteiger partial charge in [-0.2, -0.15) is 0 Å². The summed E-state index contributed by atoms with van der Waals surface area (Å²) in [6, 6.07) is 71.5. The molecule has 3 heteroatoms. The lowest BCUT2D eigenvalue weighted by atomic mass is 9.79. The van der Waals surface area contributed by atoms with Crippen molar-refractivity contribution < 1.29 is 4.42 Å². The molecule has 1 aliphatic rings. The molecule has 11 aromatic rings. The van der Waals surface area contributed by atoms with Gasteiger partial charge in [-0.1, -0.05) is 168 Å². The fraction of sp³-hybridized carbons (Fsp3) is 0.115. The van der Waals surface area contributed by atoms with Crippen LogP contribution in [-0.2, 0) is 10.8 Å². The van der Waals surface area contributed by atoms with E-state index in [1.165, 1.54) is 70.2 Å². The van der Waals surface area contributed by atoms with Crippen molar-refractivity contribution in [3.63, 3.8) is 0 Å². The number of hydrogen-bond donors (Lipinski definition) is 0. The molecule has 2 heterocycles. The predicted molar refractivity (Wildman–Crippen MR) is 274 cm³/mol. The van der Waals surface area contributed by atoms with Crippen LogP contribution in [-0.4, -0.2) is 0 Å². The van der Waals surface area contributed by atoms with Crippen LogP contribution in [0.1, 0.15) is 51.3 Å². The molecule has 1 aliphatic carbocycles. The van der Waals surface area contributed by atoms with Crippen molar-refractivity contribution in [2.24, 2.45) is 0 Å². The van der Waals surface area contributed by atoms with E-state index in [0.29, 0.717) is 0 Å². The fourth-order valence-electron chi connectivity index (χ4n) is 10.2. The molecule has 0 unspecified atom stereocenters. The molecule has 0 radical (unpaired) electrons. The lowest BCUT2D eigenvalue weighted by molar-refractivity contribution is 0.584. The lowest BCUT2D eigenvalue weighted by Crippen LogP contribution is -2.17. The van der Waals surface area contributed by atoms with Gasteiger partial charge in [0.2, 0.25) is 0 Å². The second-order valence-corrected chi connectivity index (χ2v) is 20.0. The quantitative estimate of drug-likeness (QED) is 0.166. The van der Waals surface area contributed by atoms with E-state index in [-0.39, 0.29) is 10.8 Å². The summed E-state index contributed by atoms with van der Waals surface area (Å²) in [5.74, 6) is 0. The van der Waals surface area contributed by atoms with Crippen LogP contribution in [0.25, 0.3) is 86.6 Å². The lowest BCUT2D eigenvalue weighted by Gasteiger charge is -2.26. The van der Waals surface area contributed by atoms with Gasteiger partial charge in [-0.05, 0) is 122 Å². The maximum absolute atomic E-state index is 6.45. The minimum atomic E-state index is -0.0531. The topological polar surface area (TPSA) is 16.4 Å². The van der Waals surface area contributed by atoms with Crippen LogP contribution in [0.2, 0.25) is 0 Å². The van der Waals surface area contributed by atoms with Gasteiger partial charge in [-0.25, -0.2) is 0 Å². The average Bonchev–Trinajstić information content (AvgIpc) is 3.97. The molecule has 0 spiro atoms. The van der Waals surface area contributed by atoms with Gasteiger partial charge in [0.15, 0.2) is 0 Å². The van der Waals surface area contributed by atoms with Crippen LogP contribution < -0.4 is 4.90 Å². The normalized spacial score (nSPS) is 13.2. The Morgan fingerprint density at radius 1 is 0.438 bits per heavy atom. The Morgan fingerprint density at radius 3 is 1.73 bits per heavy atom. The first kappa shape index (κ1) is 38.5. The summed E-state index contributed by atoms with van der Waals surface area (Å²) in [5.41, 5.74) is 19.1. The third-order valence-corrected chi connectivity index (χ3v) is 14.8. The van der Waals surface area contributed by atoms with Crippen molar-refractivity contribution in [1.29, 1.82) is 0 Å². The number of furan rings is 1.